The maximum absolute atomic E-state index is 12.1. The Balaban J connectivity index is 1.67. The van der Waals surface area contributed by atoms with Gasteiger partial charge >= 0.3 is 0 Å². The molecule has 1 aliphatic heterocycles. The molecule has 0 spiro atoms. The zero-order chi connectivity index (χ0) is 16.3. The van der Waals surface area contributed by atoms with E-state index >= 15 is 0 Å². The van der Waals surface area contributed by atoms with E-state index in [0.717, 1.165) is 44.8 Å². The molecule has 0 saturated carbocycles. The van der Waals surface area contributed by atoms with Crippen molar-refractivity contribution < 1.29 is 9.53 Å². The van der Waals surface area contributed by atoms with Gasteiger partial charge < -0.3 is 15.4 Å². The summed E-state index contributed by atoms with van der Waals surface area (Å²) in [7, 11) is 0. The number of carbonyl (C=O) groups is 1. The van der Waals surface area contributed by atoms with E-state index in [4.69, 9.17) is 4.74 Å². The highest BCUT2D eigenvalue weighted by molar-refractivity contribution is 5.94. The van der Waals surface area contributed by atoms with Gasteiger partial charge in [-0.15, -0.1) is 0 Å². The molecule has 1 unspecified atom stereocenters. The highest BCUT2D eigenvalue weighted by Crippen LogP contribution is 2.14. The molecule has 1 fully saturated rings. The van der Waals surface area contributed by atoms with E-state index in [1.54, 1.807) is 0 Å². The van der Waals surface area contributed by atoms with E-state index in [1.165, 1.54) is 25.7 Å². The zero-order valence-electron chi connectivity index (χ0n) is 14.3. The third-order valence-electron chi connectivity index (χ3n) is 4.37. The molecule has 1 atom stereocenters. The van der Waals surface area contributed by atoms with Crippen molar-refractivity contribution in [1.29, 1.82) is 0 Å². The summed E-state index contributed by atoms with van der Waals surface area (Å²) in [5.41, 5.74) is 0.702. The number of ether oxygens (including phenoxy) is 1. The Kier molecular flexibility index (Phi) is 7.95. The van der Waals surface area contributed by atoms with Crippen LogP contribution in [0.15, 0.2) is 24.3 Å². The van der Waals surface area contributed by atoms with Crippen molar-refractivity contribution in [3.63, 3.8) is 0 Å². The molecule has 23 heavy (non-hydrogen) atoms. The maximum atomic E-state index is 12.1. The second kappa shape index (κ2) is 10.3. The second-order valence-electron chi connectivity index (χ2n) is 6.34. The van der Waals surface area contributed by atoms with Gasteiger partial charge in [0.05, 0.1) is 6.61 Å². The van der Waals surface area contributed by atoms with Gasteiger partial charge in [0.15, 0.2) is 0 Å². The highest BCUT2D eigenvalue weighted by atomic mass is 16.5. The lowest BCUT2D eigenvalue weighted by Gasteiger charge is -2.22. The Labute approximate surface area is 140 Å². The summed E-state index contributed by atoms with van der Waals surface area (Å²) in [6, 6.07) is 7.44. The molecule has 1 amide bonds. The van der Waals surface area contributed by atoms with Crippen molar-refractivity contribution in [2.75, 3.05) is 26.2 Å². The van der Waals surface area contributed by atoms with Crippen LogP contribution < -0.4 is 15.4 Å². The third kappa shape index (κ3) is 6.61. The van der Waals surface area contributed by atoms with Crippen LogP contribution in [-0.2, 0) is 0 Å². The van der Waals surface area contributed by atoms with Gasteiger partial charge in [0.2, 0.25) is 0 Å². The molecule has 1 aromatic carbocycles. The highest BCUT2D eigenvalue weighted by Gasteiger charge is 2.13. The van der Waals surface area contributed by atoms with E-state index in [1.807, 2.05) is 24.3 Å². The second-order valence-corrected chi connectivity index (χ2v) is 6.34. The molecule has 1 heterocycles. The van der Waals surface area contributed by atoms with Crippen LogP contribution in [0.5, 0.6) is 5.75 Å². The first kappa shape index (κ1) is 17.8. The predicted molar refractivity (Wildman–Crippen MR) is 94.0 cm³/mol. The largest absolute Gasteiger partial charge is 0.494 e. The number of rotatable bonds is 9. The summed E-state index contributed by atoms with van der Waals surface area (Å²) >= 11 is 0. The molecule has 2 N–H and O–H groups in total. The number of carbonyl (C=O) groups excluding carboxylic acids is 1. The van der Waals surface area contributed by atoms with E-state index in [2.05, 4.69) is 17.6 Å². The Hall–Kier alpha value is -1.55. The molecule has 1 aromatic rings. The fourth-order valence-electron chi connectivity index (χ4n) is 2.91. The van der Waals surface area contributed by atoms with Crippen molar-refractivity contribution in [3.05, 3.63) is 29.8 Å². The SMILES string of the molecule is CCCCCOc1ccc(C(=O)NCCC2CCCNC2)cc1. The van der Waals surface area contributed by atoms with Crippen LogP contribution in [0.3, 0.4) is 0 Å². The quantitative estimate of drug-likeness (QED) is 0.686. The van der Waals surface area contributed by atoms with Crippen LogP contribution in [0.1, 0.15) is 55.8 Å². The minimum Gasteiger partial charge on any atom is -0.494 e. The fourth-order valence-corrected chi connectivity index (χ4v) is 2.91. The molecular formula is C19H30N2O2. The van der Waals surface area contributed by atoms with Crippen LogP contribution in [-0.4, -0.2) is 32.1 Å². The molecule has 0 aromatic heterocycles. The van der Waals surface area contributed by atoms with Crippen LogP contribution >= 0.6 is 0 Å². The van der Waals surface area contributed by atoms with Crippen LogP contribution in [0, 0.1) is 5.92 Å². The number of piperidine rings is 1. The standard InChI is InChI=1S/C19H30N2O2/c1-2-3-4-14-23-18-9-7-17(8-10-18)19(22)21-13-11-16-6-5-12-20-15-16/h7-10,16,20H,2-6,11-15H2,1H3,(H,21,22). The number of hydrogen-bond donors (Lipinski definition) is 2. The lowest BCUT2D eigenvalue weighted by molar-refractivity contribution is 0.0950. The summed E-state index contributed by atoms with van der Waals surface area (Å²) in [6.07, 6.45) is 7.04. The Morgan fingerprint density at radius 1 is 1.30 bits per heavy atom. The fraction of sp³-hybridized carbons (Fsp3) is 0.632. The molecule has 128 valence electrons. The molecule has 0 radical (unpaired) electrons. The topological polar surface area (TPSA) is 50.4 Å². The number of nitrogens with one attached hydrogen (secondary N) is 2. The van der Waals surface area contributed by atoms with E-state index in [9.17, 15) is 4.79 Å². The van der Waals surface area contributed by atoms with Gasteiger partial charge in [0, 0.05) is 12.1 Å². The Morgan fingerprint density at radius 3 is 2.83 bits per heavy atom. The van der Waals surface area contributed by atoms with Crippen molar-refractivity contribution >= 4 is 5.91 Å². The molecule has 2 rings (SSSR count). The Bertz CT molecular complexity index is 453. The molecular weight excluding hydrogens is 288 g/mol. The maximum Gasteiger partial charge on any atom is 0.251 e. The minimum absolute atomic E-state index is 0.00583. The average molecular weight is 318 g/mol. The molecule has 0 aliphatic carbocycles. The third-order valence-corrected chi connectivity index (χ3v) is 4.37. The molecule has 0 bridgehead atoms. The van der Waals surface area contributed by atoms with Gasteiger partial charge in [-0.2, -0.15) is 0 Å². The molecule has 1 saturated heterocycles. The van der Waals surface area contributed by atoms with Gasteiger partial charge in [-0.3, -0.25) is 4.79 Å². The normalized spacial score (nSPS) is 17.7. The van der Waals surface area contributed by atoms with E-state index in [-0.39, 0.29) is 5.91 Å². The smallest absolute Gasteiger partial charge is 0.251 e. The van der Waals surface area contributed by atoms with Crippen LogP contribution in [0.2, 0.25) is 0 Å². The zero-order valence-corrected chi connectivity index (χ0v) is 14.3. The summed E-state index contributed by atoms with van der Waals surface area (Å²) in [5.74, 6) is 1.54. The first-order valence-corrected chi connectivity index (χ1v) is 9.01. The first-order chi connectivity index (χ1) is 11.3. The number of benzene rings is 1. The van der Waals surface area contributed by atoms with Crippen LogP contribution in [0.4, 0.5) is 0 Å². The number of amides is 1. The van der Waals surface area contributed by atoms with E-state index in [0.29, 0.717) is 11.5 Å². The monoisotopic (exact) mass is 318 g/mol. The van der Waals surface area contributed by atoms with Crippen molar-refractivity contribution in [3.8, 4) is 5.75 Å². The van der Waals surface area contributed by atoms with Gasteiger partial charge in [-0.1, -0.05) is 19.8 Å². The number of unbranched alkanes of at least 4 members (excludes halogenated alkanes) is 2. The number of hydrogen-bond acceptors (Lipinski definition) is 3. The summed E-state index contributed by atoms with van der Waals surface area (Å²) in [5, 5.41) is 6.43. The molecule has 1 aliphatic rings. The summed E-state index contributed by atoms with van der Waals surface area (Å²) in [6.45, 7) is 5.89. The lowest BCUT2D eigenvalue weighted by Crippen LogP contribution is -2.33. The minimum atomic E-state index is 0.00583. The van der Waals surface area contributed by atoms with E-state index < -0.39 is 0 Å². The predicted octanol–water partition coefficient (Wildman–Crippen LogP) is 3.38. The van der Waals surface area contributed by atoms with Gasteiger partial charge in [-0.05, 0) is 69.0 Å². The van der Waals surface area contributed by atoms with Gasteiger partial charge in [0.1, 0.15) is 5.75 Å². The van der Waals surface area contributed by atoms with Crippen molar-refractivity contribution in [2.45, 2.75) is 45.4 Å². The molecule has 4 nitrogen and oxygen atoms in total. The lowest BCUT2D eigenvalue weighted by atomic mass is 9.96. The summed E-state index contributed by atoms with van der Waals surface area (Å²) < 4.78 is 5.66. The van der Waals surface area contributed by atoms with Crippen molar-refractivity contribution in [1.82, 2.24) is 10.6 Å². The summed E-state index contributed by atoms with van der Waals surface area (Å²) in [4.78, 5) is 12.1. The van der Waals surface area contributed by atoms with Gasteiger partial charge in [-0.25, -0.2) is 0 Å². The Morgan fingerprint density at radius 2 is 2.13 bits per heavy atom. The molecule has 4 heteroatoms. The van der Waals surface area contributed by atoms with Gasteiger partial charge in [0.25, 0.3) is 5.91 Å². The average Bonchev–Trinajstić information content (AvgIpc) is 2.60. The van der Waals surface area contributed by atoms with Crippen molar-refractivity contribution in [2.24, 2.45) is 5.92 Å². The first-order valence-electron chi connectivity index (χ1n) is 9.01. The van der Waals surface area contributed by atoms with Crippen LogP contribution in [0.25, 0.3) is 0 Å².